The van der Waals surface area contributed by atoms with E-state index in [1.807, 2.05) is 0 Å². The van der Waals surface area contributed by atoms with E-state index >= 15 is 0 Å². The summed E-state index contributed by atoms with van der Waals surface area (Å²) in [7, 11) is 1.64. The summed E-state index contributed by atoms with van der Waals surface area (Å²) in [5, 5.41) is 0. The van der Waals surface area contributed by atoms with Gasteiger partial charge < -0.3 is 23.7 Å². The highest BCUT2D eigenvalue weighted by Crippen LogP contribution is 2.29. The van der Waals surface area contributed by atoms with Crippen molar-refractivity contribution in [2.75, 3.05) is 53.4 Å². The van der Waals surface area contributed by atoms with Crippen LogP contribution in [0.15, 0.2) is 18.2 Å². The van der Waals surface area contributed by atoms with E-state index in [4.69, 9.17) is 23.7 Å². The average Bonchev–Trinajstić information content (AvgIpc) is 2.86. The van der Waals surface area contributed by atoms with Gasteiger partial charge >= 0.3 is 0 Å². The van der Waals surface area contributed by atoms with Crippen molar-refractivity contribution in [2.45, 2.75) is 0 Å². The first kappa shape index (κ1) is 15.8. The molecule has 0 bridgehead atoms. The third-order valence-electron chi connectivity index (χ3n) is 2.91. The first-order chi connectivity index (χ1) is 10.3. The zero-order chi connectivity index (χ0) is 14.9. The molecule has 0 aromatic heterocycles. The topological polar surface area (TPSA) is 63.2 Å². The number of rotatable bonds is 10. The van der Waals surface area contributed by atoms with E-state index in [0.29, 0.717) is 56.7 Å². The van der Waals surface area contributed by atoms with Gasteiger partial charge in [0.1, 0.15) is 18.1 Å². The molecule has 0 N–H and O–H groups in total. The summed E-state index contributed by atoms with van der Waals surface area (Å²) in [5.74, 6) is 1.27. The number of benzene rings is 1. The highest BCUT2D eigenvalue weighted by atomic mass is 16.6. The van der Waals surface area contributed by atoms with E-state index in [-0.39, 0.29) is 12.4 Å². The van der Waals surface area contributed by atoms with Gasteiger partial charge in [0.25, 0.3) is 0 Å². The van der Waals surface area contributed by atoms with Gasteiger partial charge in [-0.2, -0.15) is 0 Å². The molecular formula is C15H20O6. The standard InChI is InChI=1S/C15H20O6/c1-17-4-5-18-6-7-19-8-9-20-12-2-3-13-14(16)11-21-15(13)10-12/h2-3,10H,4-9,11H2,1H3. The van der Waals surface area contributed by atoms with Crippen molar-refractivity contribution in [1.29, 1.82) is 0 Å². The quantitative estimate of drug-likeness (QED) is 0.607. The van der Waals surface area contributed by atoms with Gasteiger partial charge in [-0.1, -0.05) is 0 Å². The first-order valence-electron chi connectivity index (χ1n) is 6.88. The Morgan fingerprint density at radius 3 is 2.52 bits per heavy atom. The van der Waals surface area contributed by atoms with Crippen LogP contribution in [0.1, 0.15) is 10.4 Å². The van der Waals surface area contributed by atoms with Crippen molar-refractivity contribution in [3.63, 3.8) is 0 Å². The number of Topliss-reactive ketones (excluding diaryl/α,β-unsaturated/α-hetero) is 1. The smallest absolute Gasteiger partial charge is 0.203 e. The first-order valence-corrected chi connectivity index (χ1v) is 6.88. The summed E-state index contributed by atoms with van der Waals surface area (Å²) >= 11 is 0. The third-order valence-corrected chi connectivity index (χ3v) is 2.91. The number of hydrogen-bond acceptors (Lipinski definition) is 6. The lowest BCUT2D eigenvalue weighted by Crippen LogP contribution is -2.12. The Morgan fingerprint density at radius 2 is 1.76 bits per heavy atom. The van der Waals surface area contributed by atoms with Crippen LogP contribution in [0.4, 0.5) is 0 Å². The van der Waals surface area contributed by atoms with E-state index in [9.17, 15) is 4.79 Å². The average molecular weight is 296 g/mol. The molecule has 0 saturated heterocycles. The molecule has 0 fully saturated rings. The molecule has 0 atom stereocenters. The Kier molecular flexibility index (Phi) is 6.46. The van der Waals surface area contributed by atoms with Crippen LogP contribution in [-0.4, -0.2) is 59.1 Å². The lowest BCUT2D eigenvalue weighted by molar-refractivity contribution is 0.0179. The lowest BCUT2D eigenvalue weighted by Gasteiger charge is -2.08. The fourth-order valence-electron chi connectivity index (χ4n) is 1.85. The highest BCUT2D eigenvalue weighted by molar-refractivity contribution is 6.02. The number of hydrogen-bond donors (Lipinski definition) is 0. The number of carbonyl (C=O) groups is 1. The van der Waals surface area contributed by atoms with E-state index in [1.54, 1.807) is 25.3 Å². The molecule has 1 aliphatic rings. The molecule has 1 aromatic carbocycles. The highest BCUT2D eigenvalue weighted by Gasteiger charge is 2.21. The van der Waals surface area contributed by atoms with Crippen LogP contribution >= 0.6 is 0 Å². The Morgan fingerprint density at radius 1 is 1.05 bits per heavy atom. The number of carbonyl (C=O) groups excluding carboxylic acids is 1. The predicted octanol–water partition coefficient (Wildman–Crippen LogP) is 1.32. The summed E-state index contributed by atoms with van der Waals surface area (Å²) in [4.78, 5) is 11.4. The van der Waals surface area contributed by atoms with Crippen molar-refractivity contribution in [3.05, 3.63) is 23.8 Å². The number of ketones is 1. The number of methoxy groups -OCH3 is 1. The fourth-order valence-corrected chi connectivity index (χ4v) is 1.85. The van der Waals surface area contributed by atoms with Gasteiger partial charge in [-0.25, -0.2) is 0 Å². The van der Waals surface area contributed by atoms with Gasteiger partial charge in [0, 0.05) is 13.2 Å². The molecule has 0 amide bonds. The number of fused-ring (bicyclic) bond motifs is 1. The summed E-state index contributed by atoms with van der Waals surface area (Å²) in [6.07, 6.45) is 0. The largest absolute Gasteiger partial charge is 0.491 e. The summed E-state index contributed by atoms with van der Waals surface area (Å²) in [6.45, 7) is 3.25. The van der Waals surface area contributed by atoms with Gasteiger partial charge in [0.05, 0.1) is 38.6 Å². The minimum absolute atomic E-state index is 0.00774. The second-order valence-electron chi connectivity index (χ2n) is 4.44. The molecule has 21 heavy (non-hydrogen) atoms. The zero-order valence-electron chi connectivity index (χ0n) is 12.1. The van der Waals surface area contributed by atoms with Crippen LogP contribution < -0.4 is 9.47 Å². The minimum atomic E-state index is 0.00774. The minimum Gasteiger partial charge on any atom is -0.491 e. The molecule has 2 rings (SSSR count). The van der Waals surface area contributed by atoms with E-state index < -0.39 is 0 Å². The Balaban J connectivity index is 1.56. The molecule has 116 valence electrons. The van der Waals surface area contributed by atoms with E-state index in [1.165, 1.54) is 0 Å². The maximum atomic E-state index is 11.4. The summed E-state index contributed by atoms with van der Waals surface area (Å²) < 4.78 is 26.3. The van der Waals surface area contributed by atoms with Crippen LogP contribution in [0.25, 0.3) is 0 Å². The Labute approximate surface area is 123 Å². The van der Waals surface area contributed by atoms with Crippen molar-refractivity contribution in [3.8, 4) is 11.5 Å². The second-order valence-corrected chi connectivity index (χ2v) is 4.44. The zero-order valence-corrected chi connectivity index (χ0v) is 12.1. The van der Waals surface area contributed by atoms with Crippen LogP contribution in [-0.2, 0) is 14.2 Å². The number of ether oxygens (including phenoxy) is 5. The maximum Gasteiger partial charge on any atom is 0.203 e. The predicted molar refractivity (Wildman–Crippen MR) is 75.3 cm³/mol. The van der Waals surface area contributed by atoms with Crippen molar-refractivity contribution in [1.82, 2.24) is 0 Å². The molecule has 1 heterocycles. The monoisotopic (exact) mass is 296 g/mol. The van der Waals surface area contributed by atoms with Gasteiger partial charge in [0.2, 0.25) is 5.78 Å². The van der Waals surface area contributed by atoms with Gasteiger partial charge in [0.15, 0.2) is 6.61 Å². The molecule has 0 spiro atoms. The lowest BCUT2D eigenvalue weighted by atomic mass is 10.1. The second kappa shape index (κ2) is 8.61. The van der Waals surface area contributed by atoms with Crippen LogP contribution in [0.2, 0.25) is 0 Å². The molecule has 1 aromatic rings. The normalized spacial score (nSPS) is 13.1. The molecule has 6 nitrogen and oxygen atoms in total. The van der Waals surface area contributed by atoms with Crippen molar-refractivity contribution >= 4 is 5.78 Å². The molecular weight excluding hydrogens is 276 g/mol. The molecule has 6 heteroatoms. The van der Waals surface area contributed by atoms with Gasteiger partial charge in [-0.05, 0) is 12.1 Å². The maximum absolute atomic E-state index is 11.4. The summed E-state index contributed by atoms with van der Waals surface area (Å²) in [5.41, 5.74) is 0.617. The van der Waals surface area contributed by atoms with Gasteiger partial charge in [-0.3, -0.25) is 4.79 Å². The van der Waals surface area contributed by atoms with E-state index in [2.05, 4.69) is 0 Å². The molecule has 1 aliphatic heterocycles. The van der Waals surface area contributed by atoms with Crippen LogP contribution in [0.3, 0.4) is 0 Å². The fraction of sp³-hybridized carbons (Fsp3) is 0.533. The van der Waals surface area contributed by atoms with Gasteiger partial charge in [-0.15, -0.1) is 0 Å². The van der Waals surface area contributed by atoms with E-state index in [0.717, 1.165) is 0 Å². The van der Waals surface area contributed by atoms with Crippen molar-refractivity contribution < 1.29 is 28.5 Å². The molecule has 0 saturated carbocycles. The van der Waals surface area contributed by atoms with Crippen LogP contribution in [0, 0.1) is 0 Å². The van der Waals surface area contributed by atoms with Crippen molar-refractivity contribution in [2.24, 2.45) is 0 Å². The Bertz CT molecular complexity index is 459. The Hall–Kier alpha value is -1.63. The summed E-state index contributed by atoms with van der Waals surface area (Å²) in [6, 6.07) is 5.22. The molecule has 0 radical (unpaired) electrons. The molecule has 0 aliphatic carbocycles. The van der Waals surface area contributed by atoms with Crippen LogP contribution in [0.5, 0.6) is 11.5 Å². The SMILES string of the molecule is COCCOCCOCCOc1ccc2c(c1)OCC2=O. The third kappa shape index (κ3) is 5.00. The molecule has 0 unspecified atom stereocenters.